The predicted molar refractivity (Wildman–Crippen MR) is 60.4 cm³/mol. The van der Waals surface area contributed by atoms with Crippen molar-refractivity contribution in [1.29, 1.82) is 0 Å². The third kappa shape index (κ3) is 2.48. The average Bonchev–Trinajstić information content (AvgIpc) is 2.51. The van der Waals surface area contributed by atoms with Crippen LogP contribution in [-0.4, -0.2) is 24.7 Å². The molecular weight excluding hydrogens is 172 g/mol. The predicted octanol–water partition coefficient (Wildman–Crippen LogP) is 1.91. The largest absolute Gasteiger partial charge is 0.315 e. The van der Waals surface area contributed by atoms with Crippen molar-refractivity contribution in [2.75, 3.05) is 13.1 Å². The average molecular weight is 196 g/mol. The van der Waals surface area contributed by atoms with Crippen molar-refractivity contribution >= 4 is 0 Å². The Hall–Kier alpha value is -0.0800. The maximum atomic E-state index is 3.86. The van der Waals surface area contributed by atoms with E-state index in [1.54, 1.807) is 0 Å². The number of rotatable bonds is 2. The van der Waals surface area contributed by atoms with Crippen LogP contribution in [0.15, 0.2) is 0 Å². The summed E-state index contributed by atoms with van der Waals surface area (Å²) in [5.74, 6) is 0.930. The third-order valence-electron chi connectivity index (χ3n) is 3.86. The van der Waals surface area contributed by atoms with E-state index in [0.29, 0.717) is 5.54 Å². The van der Waals surface area contributed by atoms with Crippen molar-refractivity contribution in [3.05, 3.63) is 0 Å². The fourth-order valence-electron chi connectivity index (χ4n) is 3.00. The van der Waals surface area contributed by atoms with Crippen molar-refractivity contribution in [2.24, 2.45) is 5.92 Å². The van der Waals surface area contributed by atoms with Crippen molar-refractivity contribution in [3.63, 3.8) is 0 Å². The normalized spacial score (nSPS) is 44.1. The smallest absolute Gasteiger partial charge is 0.0292 e. The maximum Gasteiger partial charge on any atom is 0.0292 e. The second-order valence-corrected chi connectivity index (χ2v) is 5.60. The Bertz CT molecular complexity index is 185. The van der Waals surface area contributed by atoms with Gasteiger partial charge in [-0.25, -0.2) is 0 Å². The summed E-state index contributed by atoms with van der Waals surface area (Å²) in [5, 5.41) is 7.31. The highest BCUT2D eigenvalue weighted by atomic mass is 15.1. The first-order chi connectivity index (χ1) is 6.68. The Morgan fingerprint density at radius 3 is 2.86 bits per heavy atom. The quantitative estimate of drug-likeness (QED) is 0.705. The Balaban J connectivity index is 1.83. The molecule has 0 bridgehead atoms. The summed E-state index contributed by atoms with van der Waals surface area (Å²) in [6, 6.07) is 0.781. The second-order valence-electron chi connectivity index (χ2n) is 5.60. The Morgan fingerprint density at radius 1 is 1.36 bits per heavy atom. The van der Waals surface area contributed by atoms with Crippen LogP contribution in [0.1, 0.15) is 46.0 Å². The third-order valence-corrected chi connectivity index (χ3v) is 3.86. The van der Waals surface area contributed by atoms with Crippen molar-refractivity contribution < 1.29 is 0 Å². The van der Waals surface area contributed by atoms with Crippen LogP contribution in [0.3, 0.4) is 0 Å². The molecule has 2 N–H and O–H groups in total. The zero-order chi connectivity index (χ0) is 10.0. The molecule has 1 heterocycles. The van der Waals surface area contributed by atoms with Crippen LogP contribution in [-0.2, 0) is 0 Å². The molecule has 0 amide bonds. The first-order valence-electron chi connectivity index (χ1n) is 6.16. The van der Waals surface area contributed by atoms with Gasteiger partial charge in [0.05, 0.1) is 0 Å². The van der Waals surface area contributed by atoms with E-state index in [1.165, 1.54) is 38.6 Å². The molecule has 0 radical (unpaired) electrons. The van der Waals surface area contributed by atoms with Crippen LogP contribution < -0.4 is 10.6 Å². The van der Waals surface area contributed by atoms with E-state index in [4.69, 9.17) is 0 Å². The summed E-state index contributed by atoms with van der Waals surface area (Å²) in [5.41, 5.74) is 0.377. The van der Waals surface area contributed by atoms with Gasteiger partial charge in [0.1, 0.15) is 0 Å². The van der Waals surface area contributed by atoms with Gasteiger partial charge in [-0.1, -0.05) is 19.8 Å². The fraction of sp³-hybridized carbons (Fsp3) is 1.00. The molecule has 0 aromatic carbocycles. The molecule has 0 aromatic heterocycles. The molecule has 2 fully saturated rings. The first-order valence-corrected chi connectivity index (χ1v) is 6.16. The minimum absolute atomic E-state index is 0.377. The number of hydrogen-bond donors (Lipinski definition) is 2. The molecule has 2 heteroatoms. The van der Waals surface area contributed by atoms with Gasteiger partial charge in [-0.15, -0.1) is 0 Å². The van der Waals surface area contributed by atoms with E-state index in [-0.39, 0.29) is 0 Å². The summed E-state index contributed by atoms with van der Waals surface area (Å²) in [6.07, 6.45) is 6.92. The van der Waals surface area contributed by atoms with Crippen LogP contribution in [0.2, 0.25) is 0 Å². The van der Waals surface area contributed by atoms with E-state index in [1.807, 2.05) is 0 Å². The molecule has 2 rings (SSSR count). The van der Waals surface area contributed by atoms with Gasteiger partial charge >= 0.3 is 0 Å². The van der Waals surface area contributed by atoms with Crippen molar-refractivity contribution in [1.82, 2.24) is 10.6 Å². The molecule has 3 atom stereocenters. The van der Waals surface area contributed by atoms with Gasteiger partial charge in [-0.3, -0.25) is 0 Å². The molecular formula is C12H24N2. The Morgan fingerprint density at radius 2 is 2.21 bits per heavy atom. The van der Waals surface area contributed by atoms with Crippen LogP contribution >= 0.6 is 0 Å². The van der Waals surface area contributed by atoms with Crippen LogP contribution in [0.25, 0.3) is 0 Å². The van der Waals surface area contributed by atoms with E-state index in [2.05, 4.69) is 24.5 Å². The highest BCUT2D eigenvalue weighted by molar-refractivity contribution is 4.94. The lowest BCUT2D eigenvalue weighted by molar-refractivity contribution is 0.242. The van der Waals surface area contributed by atoms with E-state index >= 15 is 0 Å². The van der Waals surface area contributed by atoms with Crippen LogP contribution in [0.4, 0.5) is 0 Å². The topological polar surface area (TPSA) is 24.1 Å². The molecule has 2 aliphatic rings. The highest BCUT2D eigenvalue weighted by Crippen LogP contribution is 2.26. The monoisotopic (exact) mass is 196 g/mol. The first kappa shape index (κ1) is 10.4. The van der Waals surface area contributed by atoms with E-state index in [9.17, 15) is 0 Å². The molecule has 82 valence electrons. The lowest BCUT2D eigenvalue weighted by Crippen LogP contribution is -2.50. The highest BCUT2D eigenvalue weighted by Gasteiger charge is 2.31. The lowest BCUT2D eigenvalue weighted by atomic mass is 9.85. The number of hydrogen-bond acceptors (Lipinski definition) is 2. The summed E-state index contributed by atoms with van der Waals surface area (Å²) in [7, 11) is 0. The molecule has 1 aliphatic heterocycles. The molecule has 2 nitrogen and oxygen atoms in total. The van der Waals surface area contributed by atoms with Gasteiger partial charge in [0.15, 0.2) is 0 Å². The summed E-state index contributed by atoms with van der Waals surface area (Å²) < 4.78 is 0. The van der Waals surface area contributed by atoms with E-state index in [0.717, 1.165) is 18.5 Å². The molecule has 3 unspecified atom stereocenters. The van der Waals surface area contributed by atoms with Gasteiger partial charge in [-0.05, 0) is 38.6 Å². The standard InChI is InChI=1S/C12H24N2/c1-10-4-3-5-11(8-10)14-12(2)6-7-13-9-12/h10-11,13-14H,3-9H2,1-2H3. The van der Waals surface area contributed by atoms with Gasteiger partial charge < -0.3 is 10.6 Å². The van der Waals surface area contributed by atoms with Crippen molar-refractivity contribution in [3.8, 4) is 0 Å². The minimum atomic E-state index is 0.377. The van der Waals surface area contributed by atoms with Crippen molar-refractivity contribution in [2.45, 2.75) is 57.5 Å². The summed E-state index contributed by atoms with van der Waals surface area (Å²) >= 11 is 0. The molecule has 1 aliphatic carbocycles. The molecule has 14 heavy (non-hydrogen) atoms. The molecule has 0 aromatic rings. The summed E-state index contributed by atoms with van der Waals surface area (Å²) in [6.45, 7) is 7.10. The van der Waals surface area contributed by atoms with Gasteiger partial charge in [-0.2, -0.15) is 0 Å². The lowest BCUT2D eigenvalue weighted by Gasteiger charge is -2.35. The van der Waals surface area contributed by atoms with E-state index < -0.39 is 0 Å². The maximum absolute atomic E-state index is 3.86. The SMILES string of the molecule is CC1CCCC(NC2(C)CCNC2)C1. The summed E-state index contributed by atoms with van der Waals surface area (Å²) in [4.78, 5) is 0. The molecule has 1 saturated heterocycles. The van der Waals surface area contributed by atoms with Gasteiger partial charge in [0.2, 0.25) is 0 Å². The number of nitrogens with one attached hydrogen (secondary N) is 2. The Labute approximate surface area is 87.8 Å². The van der Waals surface area contributed by atoms with Crippen LogP contribution in [0.5, 0.6) is 0 Å². The van der Waals surface area contributed by atoms with Crippen LogP contribution in [0, 0.1) is 5.92 Å². The minimum Gasteiger partial charge on any atom is -0.315 e. The Kier molecular flexibility index (Phi) is 3.13. The fourth-order valence-corrected chi connectivity index (χ4v) is 3.00. The second kappa shape index (κ2) is 4.19. The molecule has 1 saturated carbocycles. The molecule has 0 spiro atoms. The zero-order valence-electron chi connectivity index (χ0n) is 9.60. The zero-order valence-corrected chi connectivity index (χ0v) is 9.60. The van der Waals surface area contributed by atoms with Gasteiger partial charge in [0, 0.05) is 18.1 Å². The van der Waals surface area contributed by atoms with Gasteiger partial charge in [0.25, 0.3) is 0 Å².